The molecule has 0 radical (unpaired) electrons. The van der Waals surface area contributed by atoms with E-state index < -0.39 is 6.10 Å². The third kappa shape index (κ3) is 2.21. The zero-order valence-corrected chi connectivity index (χ0v) is 10.1. The van der Waals surface area contributed by atoms with Gasteiger partial charge in [0, 0.05) is 24.9 Å². The quantitative estimate of drug-likeness (QED) is 0.878. The van der Waals surface area contributed by atoms with E-state index in [0.29, 0.717) is 6.61 Å². The number of benzene rings is 1. The fraction of sp³-hybridized carbons (Fsp3) is 0.429. The molecule has 1 fully saturated rings. The molecule has 0 amide bonds. The van der Waals surface area contributed by atoms with E-state index >= 15 is 0 Å². The Hall–Kier alpha value is -1.52. The molecule has 0 bridgehead atoms. The third-order valence-corrected chi connectivity index (χ3v) is 3.48. The average Bonchev–Trinajstić information content (AvgIpc) is 2.47. The molecule has 1 saturated heterocycles. The summed E-state index contributed by atoms with van der Waals surface area (Å²) in [6, 6.07) is 5.75. The highest BCUT2D eigenvalue weighted by Crippen LogP contribution is 2.29. The summed E-state index contributed by atoms with van der Waals surface area (Å²) in [5.74, 6) is 0.188. The van der Waals surface area contributed by atoms with Crippen LogP contribution in [0.15, 0.2) is 30.6 Å². The summed E-state index contributed by atoms with van der Waals surface area (Å²) in [6.07, 6.45) is 4.90. The smallest absolute Gasteiger partial charge is 0.0890 e. The number of rotatable bonds is 2. The minimum Gasteiger partial charge on any atom is -0.388 e. The highest BCUT2D eigenvalue weighted by atomic mass is 16.5. The van der Waals surface area contributed by atoms with Crippen LogP contribution in [0.2, 0.25) is 0 Å². The van der Waals surface area contributed by atoms with Crippen molar-refractivity contribution in [3.05, 3.63) is 36.2 Å². The molecule has 18 heavy (non-hydrogen) atoms. The van der Waals surface area contributed by atoms with Crippen LogP contribution < -0.4 is 0 Å². The molecular weight excluding hydrogens is 228 g/mol. The highest BCUT2D eigenvalue weighted by molar-refractivity contribution is 5.74. The van der Waals surface area contributed by atoms with Crippen molar-refractivity contribution >= 4 is 11.0 Å². The normalized spacial score (nSPS) is 21.9. The Bertz CT molecular complexity index is 538. The second-order valence-electron chi connectivity index (χ2n) is 4.73. The maximum absolute atomic E-state index is 10.4. The minimum atomic E-state index is -0.475. The molecule has 1 aliphatic rings. The summed E-state index contributed by atoms with van der Waals surface area (Å²) in [4.78, 5) is 8.49. The monoisotopic (exact) mass is 244 g/mol. The van der Waals surface area contributed by atoms with Gasteiger partial charge >= 0.3 is 0 Å². The predicted molar refractivity (Wildman–Crippen MR) is 68.0 cm³/mol. The van der Waals surface area contributed by atoms with Crippen LogP contribution in [0, 0.1) is 5.92 Å². The molecule has 2 heterocycles. The van der Waals surface area contributed by atoms with Crippen molar-refractivity contribution in [1.29, 1.82) is 0 Å². The van der Waals surface area contributed by atoms with Gasteiger partial charge in [-0.15, -0.1) is 0 Å². The fourth-order valence-electron chi connectivity index (χ4n) is 2.45. The molecular formula is C14H16N2O2. The Balaban J connectivity index is 1.88. The van der Waals surface area contributed by atoms with Crippen LogP contribution in [0.5, 0.6) is 0 Å². The number of hydrogen-bond acceptors (Lipinski definition) is 4. The topological polar surface area (TPSA) is 55.2 Å². The Kier molecular flexibility index (Phi) is 3.21. The standard InChI is InChI=1S/C14H16N2O2/c17-14(11-2-1-7-18-9-11)10-3-4-12-13(8-10)16-6-5-15-12/h3-6,8,11,14,17H,1-2,7,9H2. The molecule has 4 nitrogen and oxygen atoms in total. The summed E-state index contributed by atoms with van der Waals surface area (Å²) in [5.41, 5.74) is 2.58. The Morgan fingerprint density at radius 1 is 1.22 bits per heavy atom. The lowest BCUT2D eigenvalue weighted by atomic mass is 9.91. The van der Waals surface area contributed by atoms with Gasteiger partial charge < -0.3 is 9.84 Å². The zero-order valence-electron chi connectivity index (χ0n) is 10.1. The van der Waals surface area contributed by atoms with Crippen LogP contribution >= 0.6 is 0 Å². The molecule has 1 aliphatic heterocycles. The maximum Gasteiger partial charge on any atom is 0.0890 e. The number of aromatic nitrogens is 2. The Morgan fingerprint density at radius 2 is 2.06 bits per heavy atom. The fourth-order valence-corrected chi connectivity index (χ4v) is 2.45. The molecule has 2 unspecified atom stereocenters. The molecule has 4 heteroatoms. The van der Waals surface area contributed by atoms with Crippen molar-refractivity contribution in [2.75, 3.05) is 13.2 Å². The van der Waals surface area contributed by atoms with Gasteiger partial charge in [0.2, 0.25) is 0 Å². The lowest BCUT2D eigenvalue weighted by Gasteiger charge is -2.26. The van der Waals surface area contributed by atoms with E-state index in [1.54, 1.807) is 12.4 Å². The van der Waals surface area contributed by atoms with Crippen LogP contribution in [0.3, 0.4) is 0 Å². The van der Waals surface area contributed by atoms with Crippen molar-refractivity contribution < 1.29 is 9.84 Å². The first-order chi connectivity index (χ1) is 8.84. The Labute approximate surface area is 106 Å². The van der Waals surface area contributed by atoms with Crippen molar-refractivity contribution in [2.45, 2.75) is 18.9 Å². The number of aliphatic hydroxyl groups is 1. The third-order valence-electron chi connectivity index (χ3n) is 3.48. The van der Waals surface area contributed by atoms with Gasteiger partial charge in [-0.1, -0.05) is 6.07 Å². The number of hydrogen-bond donors (Lipinski definition) is 1. The van der Waals surface area contributed by atoms with Crippen molar-refractivity contribution in [3.8, 4) is 0 Å². The number of fused-ring (bicyclic) bond motifs is 1. The van der Waals surface area contributed by atoms with E-state index in [4.69, 9.17) is 4.74 Å². The van der Waals surface area contributed by atoms with Crippen LogP contribution in [0.25, 0.3) is 11.0 Å². The van der Waals surface area contributed by atoms with E-state index in [1.165, 1.54) is 0 Å². The maximum atomic E-state index is 10.4. The first-order valence-electron chi connectivity index (χ1n) is 6.31. The molecule has 1 aromatic carbocycles. The summed E-state index contributed by atoms with van der Waals surface area (Å²) < 4.78 is 5.42. The van der Waals surface area contributed by atoms with Gasteiger partial charge in [0.25, 0.3) is 0 Å². The molecule has 2 aromatic rings. The lowest BCUT2D eigenvalue weighted by Crippen LogP contribution is -2.23. The van der Waals surface area contributed by atoms with Gasteiger partial charge in [-0.05, 0) is 30.5 Å². The zero-order chi connectivity index (χ0) is 12.4. The molecule has 3 rings (SSSR count). The first-order valence-corrected chi connectivity index (χ1v) is 6.31. The van der Waals surface area contributed by atoms with E-state index in [-0.39, 0.29) is 5.92 Å². The van der Waals surface area contributed by atoms with Crippen molar-refractivity contribution in [1.82, 2.24) is 9.97 Å². The molecule has 0 spiro atoms. The van der Waals surface area contributed by atoms with Gasteiger partial charge in [0.05, 0.1) is 23.7 Å². The summed E-state index contributed by atoms with van der Waals surface area (Å²) >= 11 is 0. The van der Waals surface area contributed by atoms with Crippen molar-refractivity contribution in [3.63, 3.8) is 0 Å². The van der Waals surface area contributed by atoms with Crippen LogP contribution in [0.4, 0.5) is 0 Å². The average molecular weight is 244 g/mol. The molecule has 2 atom stereocenters. The number of aliphatic hydroxyl groups excluding tert-OH is 1. The van der Waals surface area contributed by atoms with E-state index in [2.05, 4.69) is 9.97 Å². The van der Waals surface area contributed by atoms with Crippen LogP contribution in [0.1, 0.15) is 24.5 Å². The molecule has 0 aliphatic carbocycles. The van der Waals surface area contributed by atoms with E-state index in [9.17, 15) is 5.11 Å². The summed E-state index contributed by atoms with van der Waals surface area (Å²) in [6.45, 7) is 1.45. The molecule has 94 valence electrons. The number of ether oxygens (including phenoxy) is 1. The van der Waals surface area contributed by atoms with Gasteiger partial charge in [-0.3, -0.25) is 9.97 Å². The number of nitrogens with zero attached hydrogens (tertiary/aromatic N) is 2. The first kappa shape index (κ1) is 11.6. The SMILES string of the molecule is OC(c1ccc2nccnc2c1)C1CCCOC1. The highest BCUT2D eigenvalue weighted by Gasteiger charge is 2.23. The molecule has 1 N–H and O–H groups in total. The Morgan fingerprint density at radius 3 is 2.83 bits per heavy atom. The van der Waals surface area contributed by atoms with Gasteiger partial charge in [0.1, 0.15) is 0 Å². The van der Waals surface area contributed by atoms with Gasteiger partial charge in [0.15, 0.2) is 0 Å². The molecule has 1 aromatic heterocycles. The second-order valence-corrected chi connectivity index (χ2v) is 4.73. The second kappa shape index (κ2) is 5.00. The predicted octanol–water partition coefficient (Wildman–Crippen LogP) is 2.09. The van der Waals surface area contributed by atoms with Crippen LogP contribution in [-0.4, -0.2) is 28.3 Å². The minimum absolute atomic E-state index is 0.188. The van der Waals surface area contributed by atoms with Gasteiger partial charge in [-0.2, -0.15) is 0 Å². The van der Waals surface area contributed by atoms with Crippen LogP contribution in [-0.2, 0) is 4.74 Å². The van der Waals surface area contributed by atoms with E-state index in [1.807, 2.05) is 18.2 Å². The molecule has 0 saturated carbocycles. The van der Waals surface area contributed by atoms with Crippen molar-refractivity contribution in [2.24, 2.45) is 5.92 Å². The van der Waals surface area contributed by atoms with Gasteiger partial charge in [-0.25, -0.2) is 0 Å². The lowest BCUT2D eigenvalue weighted by molar-refractivity contribution is -0.00992. The van der Waals surface area contributed by atoms with E-state index in [0.717, 1.165) is 36.0 Å². The summed E-state index contributed by atoms with van der Waals surface area (Å²) in [5, 5.41) is 10.4. The summed E-state index contributed by atoms with van der Waals surface area (Å²) in [7, 11) is 0. The largest absolute Gasteiger partial charge is 0.388 e.